The van der Waals surface area contributed by atoms with Crippen molar-refractivity contribution in [3.05, 3.63) is 189 Å². The van der Waals surface area contributed by atoms with Gasteiger partial charge in [0, 0.05) is 50.0 Å². The molecule has 0 saturated carbocycles. The molecule has 3 nitrogen and oxygen atoms in total. The zero-order chi connectivity index (χ0) is 42.4. The van der Waals surface area contributed by atoms with Crippen molar-refractivity contribution in [2.24, 2.45) is 0 Å². The zero-order valence-electron chi connectivity index (χ0n) is 37.1. The quantitative estimate of drug-likeness (QED) is 0.174. The third-order valence-electron chi connectivity index (χ3n) is 15.2. The number of nitrogens with zero attached hydrogens (tertiary/aromatic N) is 3. The van der Waals surface area contributed by atoms with Gasteiger partial charge < -0.3 is 0 Å². The van der Waals surface area contributed by atoms with E-state index in [1.165, 1.54) is 83.5 Å². The molecule has 0 spiro atoms. The number of hydrogen-bond acceptors (Lipinski definition) is 3. The van der Waals surface area contributed by atoms with Crippen molar-refractivity contribution in [3.63, 3.8) is 0 Å². The van der Waals surface area contributed by atoms with Crippen LogP contribution in [0, 0.1) is 0 Å². The molecule has 0 N–H and O–H groups in total. The maximum atomic E-state index is 5.42. The number of rotatable bonds is 5. The lowest BCUT2D eigenvalue weighted by Crippen LogP contribution is -2.16. The van der Waals surface area contributed by atoms with Crippen molar-refractivity contribution >= 4 is 5.57 Å². The number of fused-ring (bicyclic) bond motifs is 10. The van der Waals surface area contributed by atoms with Crippen LogP contribution in [-0.2, 0) is 21.7 Å². The van der Waals surface area contributed by atoms with Gasteiger partial charge in [0.25, 0.3) is 0 Å². The molecule has 0 amide bonds. The minimum atomic E-state index is -0.154. The third-order valence-corrected chi connectivity index (χ3v) is 15.2. The van der Waals surface area contributed by atoms with E-state index < -0.39 is 0 Å². The Balaban J connectivity index is 0.917. The largest absolute Gasteiger partial charge is 0.252 e. The van der Waals surface area contributed by atoms with E-state index in [1.807, 2.05) is 0 Å². The van der Waals surface area contributed by atoms with Crippen LogP contribution in [0.5, 0.6) is 0 Å². The van der Waals surface area contributed by atoms with Crippen molar-refractivity contribution in [2.75, 3.05) is 0 Å². The first-order valence-corrected chi connectivity index (χ1v) is 22.0. The highest BCUT2D eigenvalue weighted by Crippen LogP contribution is 2.53. The van der Waals surface area contributed by atoms with Gasteiger partial charge in [0.05, 0.1) is 28.5 Å². The van der Waals surface area contributed by atoms with Crippen LogP contribution >= 0.6 is 0 Å². The highest BCUT2D eigenvalue weighted by molar-refractivity contribution is 5.88. The summed E-state index contributed by atoms with van der Waals surface area (Å²) in [6, 6.07) is 45.0. The molecular formula is C58H53N3. The van der Waals surface area contributed by atoms with Gasteiger partial charge in [-0.3, -0.25) is 4.98 Å². The maximum Gasteiger partial charge on any atom is 0.0894 e. The van der Waals surface area contributed by atoms with E-state index in [-0.39, 0.29) is 27.6 Å². The molecule has 0 aliphatic heterocycles. The Morgan fingerprint density at radius 3 is 1.41 bits per heavy atom. The fourth-order valence-electron chi connectivity index (χ4n) is 11.4. The van der Waals surface area contributed by atoms with E-state index in [2.05, 4.69) is 203 Å². The van der Waals surface area contributed by atoms with Crippen LogP contribution in [0.4, 0.5) is 0 Å². The van der Waals surface area contributed by atoms with Gasteiger partial charge >= 0.3 is 0 Å². The second-order valence-electron chi connectivity index (χ2n) is 20.1. The lowest BCUT2D eigenvalue weighted by Gasteiger charge is -2.24. The molecule has 61 heavy (non-hydrogen) atoms. The summed E-state index contributed by atoms with van der Waals surface area (Å²) in [6.07, 6.45) is 4.73. The SMILES string of the molecule is CC1=C(/C=C\C(C)c2ccc3c(n2)-c2ccccc2C3(C)C)C(C)(C)c2ccc(-c3ccc4c(c3)-c3nc(-c5ccc6c(n5)-c5ccccc5C6(C)C)ccc3C4(C)C)cc21. The predicted octanol–water partition coefficient (Wildman–Crippen LogP) is 14.5. The molecule has 1 unspecified atom stereocenters. The molecule has 3 heterocycles. The van der Waals surface area contributed by atoms with Crippen molar-refractivity contribution in [3.8, 4) is 56.3 Å². The van der Waals surface area contributed by atoms with Crippen LogP contribution in [0.3, 0.4) is 0 Å². The lowest BCUT2D eigenvalue weighted by molar-refractivity contribution is 0.652. The smallest absolute Gasteiger partial charge is 0.0894 e. The Labute approximate surface area is 361 Å². The molecule has 0 radical (unpaired) electrons. The van der Waals surface area contributed by atoms with Gasteiger partial charge in [-0.2, -0.15) is 0 Å². The van der Waals surface area contributed by atoms with Crippen LogP contribution in [0.25, 0.3) is 61.9 Å². The summed E-state index contributed by atoms with van der Waals surface area (Å²) in [7, 11) is 0. The molecular weight excluding hydrogens is 739 g/mol. The average Bonchev–Trinajstić information content (AvgIpc) is 3.81. The van der Waals surface area contributed by atoms with Gasteiger partial charge in [-0.25, -0.2) is 9.97 Å². The highest BCUT2D eigenvalue weighted by atomic mass is 14.8. The summed E-state index contributed by atoms with van der Waals surface area (Å²) in [4.78, 5) is 16.0. The summed E-state index contributed by atoms with van der Waals surface area (Å²) in [5, 5.41) is 0. The summed E-state index contributed by atoms with van der Waals surface area (Å²) in [5.74, 6) is 0.173. The zero-order valence-corrected chi connectivity index (χ0v) is 37.1. The molecule has 3 heteroatoms. The van der Waals surface area contributed by atoms with Gasteiger partial charge in [-0.15, -0.1) is 0 Å². The number of hydrogen-bond donors (Lipinski definition) is 0. The maximum absolute atomic E-state index is 5.42. The highest BCUT2D eigenvalue weighted by Gasteiger charge is 2.40. The first-order valence-electron chi connectivity index (χ1n) is 22.0. The fraction of sp³-hybridized carbons (Fsp3) is 0.259. The summed E-state index contributed by atoms with van der Waals surface area (Å²) < 4.78 is 0. The predicted molar refractivity (Wildman–Crippen MR) is 253 cm³/mol. The average molecular weight is 792 g/mol. The number of allylic oxidation sites excluding steroid dienone is 4. The van der Waals surface area contributed by atoms with Gasteiger partial charge in [0.15, 0.2) is 0 Å². The van der Waals surface area contributed by atoms with Gasteiger partial charge in [-0.05, 0) is 104 Å². The third kappa shape index (κ3) is 5.25. The number of aromatic nitrogens is 3. The van der Waals surface area contributed by atoms with E-state index >= 15 is 0 Å². The number of benzene rings is 4. The second-order valence-corrected chi connectivity index (χ2v) is 20.1. The first kappa shape index (κ1) is 37.8. The first-order chi connectivity index (χ1) is 29.1. The molecule has 1 atom stereocenters. The molecule has 0 bridgehead atoms. The van der Waals surface area contributed by atoms with Crippen molar-refractivity contribution < 1.29 is 0 Å². The fourth-order valence-corrected chi connectivity index (χ4v) is 11.4. The minimum absolute atomic E-state index is 0.0368. The molecule has 4 aliphatic carbocycles. The second kappa shape index (κ2) is 12.7. The Hall–Kier alpha value is -6.19. The Kier molecular flexibility index (Phi) is 7.85. The van der Waals surface area contributed by atoms with E-state index in [0.717, 1.165) is 34.2 Å². The van der Waals surface area contributed by atoms with Crippen LogP contribution in [-0.4, -0.2) is 15.0 Å². The van der Waals surface area contributed by atoms with Gasteiger partial charge in [0.2, 0.25) is 0 Å². The standard InChI is InChI=1S/C58H53N3/c1-33(49-28-25-46-52(59-49)37-15-11-13-17-42(37)56(46,5)6)19-22-41-34(2)39-31-35(20-23-44(39)55(41,3)4)36-21-24-45-40(32-36)54-48(58(45,9)10)27-30-51(61-54)50-29-26-47-53(60-50)38-16-12-14-18-43(38)57(47,7)8/h11-33H,1-10H3/b22-19-. The van der Waals surface area contributed by atoms with E-state index in [1.54, 1.807) is 0 Å². The molecule has 4 aliphatic rings. The lowest BCUT2D eigenvalue weighted by atomic mass is 9.80. The van der Waals surface area contributed by atoms with E-state index in [4.69, 9.17) is 15.0 Å². The summed E-state index contributed by atoms with van der Waals surface area (Å²) in [5.41, 5.74) is 25.3. The Morgan fingerprint density at radius 2 is 0.852 bits per heavy atom. The minimum Gasteiger partial charge on any atom is -0.252 e. The topological polar surface area (TPSA) is 38.7 Å². The summed E-state index contributed by atoms with van der Waals surface area (Å²) in [6.45, 7) is 23.2. The Bertz CT molecular complexity index is 3110. The Morgan fingerprint density at radius 1 is 0.426 bits per heavy atom. The van der Waals surface area contributed by atoms with Crippen LogP contribution < -0.4 is 0 Å². The van der Waals surface area contributed by atoms with Crippen LogP contribution in [0.15, 0.2) is 139 Å². The molecule has 4 aromatic carbocycles. The molecule has 7 aromatic rings. The normalized spacial score (nSPS) is 18.0. The molecule has 300 valence electrons. The van der Waals surface area contributed by atoms with Crippen molar-refractivity contribution in [2.45, 2.75) is 96.8 Å². The summed E-state index contributed by atoms with van der Waals surface area (Å²) >= 11 is 0. The molecule has 0 fully saturated rings. The van der Waals surface area contributed by atoms with Gasteiger partial charge in [-0.1, -0.05) is 165 Å². The van der Waals surface area contributed by atoms with Gasteiger partial charge in [0.1, 0.15) is 0 Å². The number of pyridine rings is 3. The molecule has 3 aromatic heterocycles. The molecule has 0 saturated heterocycles. The monoisotopic (exact) mass is 791 g/mol. The van der Waals surface area contributed by atoms with Crippen molar-refractivity contribution in [1.82, 2.24) is 15.0 Å². The van der Waals surface area contributed by atoms with Crippen LogP contribution in [0.2, 0.25) is 0 Å². The van der Waals surface area contributed by atoms with E-state index in [0.29, 0.717) is 0 Å². The van der Waals surface area contributed by atoms with Crippen molar-refractivity contribution in [1.29, 1.82) is 0 Å². The molecule has 11 rings (SSSR count). The van der Waals surface area contributed by atoms with E-state index in [9.17, 15) is 0 Å². The van der Waals surface area contributed by atoms with Crippen LogP contribution in [0.1, 0.15) is 125 Å².